The van der Waals surface area contributed by atoms with Crippen molar-refractivity contribution in [1.29, 1.82) is 0 Å². The van der Waals surface area contributed by atoms with Crippen LogP contribution in [-0.4, -0.2) is 43.9 Å². The maximum absolute atomic E-state index is 13.1. The Morgan fingerprint density at radius 2 is 2.08 bits per heavy atom. The maximum Gasteiger partial charge on any atom is 0.191 e. The lowest BCUT2D eigenvalue weighted by atomic mass is 9.73. The molecule has 146 valence electrons. The van der Waals surface area contributed by atoms with Gasteiger partial charge >= 0.3 is 0 Å². The van der Waals surface area contributed by atoms with E-state index in [1.165, 1.54) is 12.1 Å². The van der Waals surface area contributed by atoms with E-state index in [0.29, 0.717) is 19.0 Å². The summed E-state index contributed by atoms with van der Waals surface area (Å²) >= 11 is 0. The topological polar surface area (TPSA) is 65.9 Å². The smallest absolute Gasteiger partial charge is 0.191 e. The van der Waals surface area contributed by atoms with Crippen LogP contribution in [-0.2, 0) is 4.74 Å². The van der Waals surface area contributed by atoms with Crippen LogP contribution < -0.4 is 10.6 Å². The molecule has 1 aliphatic rings. The van der Waals surface area contributed by atoms with Gasteiger partial charge in [0.25, 0.3) is 0 Å². The maximum atomic E-state index is 13.1. The molecule has 0 saturated heterocycles. The van der Waals surface area contributed by atoms with E-state index in [0.717, 1.165) is 37.8 Å². The number of methoxy groups -OCH3 is 1. The molecule has 6 heteroatoms. The molecule has 3 atom stereocenters. The molecule has 0 heterocycles. The third-order valence-electron chi connectivity index (χ3n) is 5.20. The Labute approximate surface area is 156 Å². The first kappa shape index (κ1) is 20.6. The minimum Gasteiger partial charge on any atom is -0.392 e. The van der Waals surface area contributed by atoms with Crippen LogP contribution in [0.2, 0.25) is 0 Å². The van der Waals surface area contributed by atoms with Gasteiger partial charge in [-0.25, -0.2) is 4.39 Å². The molecule has 1 aromatic rings. The monoisotopic (exact) mass is 365 g/mol. The minimum atomic E-state index is -0.297. The predicted octanol–water partition coefficient (Wildman–Crippen LogP) is 3.01. The lowest BCUT2D eigenvalue weighted by Crippen LogP contribution is -2.42. The second kappa shape index (κ2) is 9.88. The van der Waals surface area contributed by atoms with Gasteiger partial charge in [0.2, 0.25) is 0 Å². The summed E-state index contributed by atoms with van der Waals surface area (Å²) in [4.78, 5) is 4.69. The number of hydrogen-bond acceptors (Lipinski definition) is 3. The molecule has 5 nitrogen and oxygen atoms in total. The van der Waals surface area contributed by atoms with Crippen molar-refractivity contribution in [2.75, 3.05) is 26.7 Å². The molecule has 1 aliphatic carbocycles. The van der Waals surface area contributed by atoms with E-state index < -0.39 is 0 Å². The number of ether oxygens (including phenoxy) is 1. The Hall–Kier alpha value is -1.66. The van der Waals surface area contributed by atoms with E-state index in [1.807, 2.05) is 6.92 Å². The van der Waals surface area contributed by atoms with E-state index in [9.17, 15) is 9.50 Å². The van der Waals surface area contributed by atoms with Gasteiger partial charge < -0.3 is 20.5 Å². The molecular formula is C20H32FN3O2. The molecule has 1 saturated carbocycles. The molecule has 0 radical (unpaired) electrons. The van der Waals surface area contributed by atoms with Crippen LogP contribution in [0.3, 0.4) is 0 Å². The summed E-state index contributed by atoms with van der Waals surface area (Å²) in [5.41, 5.74) is 0.741. The van der Waals surface area contributed by atoms with E-state index in [4.69, 9.17) is 9.73 Å². The molecule has 1 aromatic carbocycles. The Morgan fingerprint density at radius 1 is 1.35 bits per heavy atom. The molecule has 2 rings (SSSR count). The fourth-order valence-corrected chi connectivity index (χ4v) is 3.37. The van der Waals surface area contributed by atoms with Gasteiger partial charge in [-0.15, -0.1) is 0 Å². The zero-order valence-electron chi connectivity index (χ0n) is 16.1. The van der Waals surface area contributed by atoms with Crippen molar-refractivity contribution in [3.05, 3.63) is 35.6 Å². The molecule has 0 aliphatic heterocycles. The number of nitrogens with zero attached hydrogens (tertiary/aromatic N) is 1. The lowest BCUT2D eigenvalue weighted by molar-refractivity contribution is 0.00714. The first-order valence-corrected chi connectivity index (χ1v) is 9.47. The first-order valence-electron chi connectivity index (χ1n) is 9.47. The highest BCUT2D eigenvalue weighted by Gasteiger charge is 2.35. The molecule has 3 N–H and O–H groups in total. The molecule has 1 fully saturated rings. The molecule has 26 heavy (non-hydrogen) atoms. The highest BCUT2D eigenvalue weighted by atomic mass is 19.1. The van der Waals surface area contributed by atoms with Gasteiger partial charge in [0.05, 0.1) is 18.8 Å². The number of aliphatic imine (C=N–C) groups is 1. The number of hydrogen-bond donors (Lipinski definition) is 3. The van der Waals surface area contributed by atoms with Gasteiger partial charge in [-0.05, 0) is 37.5 Å². The summed E-state index contributed by atoms with van der Waals surface area (Å²) in [6.07, 6.45) is 3.58. The molecular weight excluding hydrogens is 333 g/mol. The number of halogens is 1. The van der Waals surface area contributed by atoms with Crippen LogP contribution in [0.5, 0.6) is 0 Å². The zero-order valence-corrected chi connectivity index (χ0v) is 16.1. The van der Waals surface area contributed by atoms with Gasteiger partial charge in [0.15, 0.2) is 5.96 Å². The number of aliphatic hydroxyl groups is 1. The van der Waals surface area contributed by atoms with Crippen molar-refractivity contribution in [1.82, 2.24) is 10.6 Å². The van der Waals surface area contributed by atoms with Gasteiger partial charge in [-0.2, -0.15) is 0 Å². The van der Waals surface area contributed by atoms with Gasteiger partial charge in [-0.3, -0.25) is 4.99 Å². The Bertz CT molecular complexity index is 579. The lowest BCUT2D eigenvalue weighted by Gasteiger charge is -2.37. The highest BCUT2D eigenvalue weighted by Crippen LogP contribution is 2.36. The van der Waals surface area contributed by atoms with Gasteiger partial charge in [0.1, 0.15) is 5.82 Å². The average Bonchev–Trinajstić information content (AvgIpc) is 2.64. The normalized spacial score (nSPS) is 25.0. The average molecular weight is 365 g/mol. The van der Waals surface area contributed by atoms with E-state index in [2.05, 4.69) is 17.6 Å². The van der Waals surface area contributed by atoms with Gasteiger partial charge in [-0.1, -0.05) is 31.9 Å². The number of aliphatic hydroxyl groups excluding tert-OH is 1. The Morgan fingerprint density at radius 3 is 2.69 bits per heavy atom. The van der Waals surface area contributed by atoms with Crippen molar-refractivity contribution >= 4 is 5.96 Å². The van der Waals surface area contributed by atoms with Crippen molar-refractivity contribution in [2.24, 2.45) is 10.4 Å². The van der Waals surface area contributed by atoms with E-state index >= 15 is 0 Å². The van der Waals surface area contributed by atoms with Crippen LogP contribution in [0.4, 0.5) is 4.39 Å². The summed E-state index contributed by atoms with van der Waals surface area (Å²) in [6.45, 7) is 5.98. The third kappa shape index (κ3) is 5.68. The van der Waals surface area contributed by atoms with Crippen molar-refractivity contribution < 1.29 is 14.2 Å². The van der Waals surface area contributed by atoms with Crippen LogP contribution in [0, 0.1) is 11.2 Å². The van der Waals surface area contributed by atoms with Gasteiger partial charge in [0, 0.05) is 25.6 Å². The third-order valence-corrected chi connectivity index (χ3v) is 5.20. The standard InChI is InChI=1S/C20H32FN3O2/c1-4-22-19(24-14-20(2)12-6-5-7-18(20)25)23-13-17(26-3)15-8-10-16(21)11-9-15/h8-11,17-18,25H,4-7,12-14H2,1-3H3,(H2,22,23,24). The van der Waals surface area contributed by atoms with E-state index in [-0.39, 0.29) is 23.4 Å². The highest BCUT2D eigenvalue weighted by molar-refractivity contribution is 5.79. The van der Waals surface area contributed by atoms with Crippen LogP contribution in [0.15, 0.2) is 29.3 Å². The predicted molar refractivity (Wildman–Crippen MR) is 103 cm³/mol. The number of guanidine groups is 1. The molecule has 0 amide bonds. The number of benzene rings is 1. The molecule has 0 spiro atoms. The van der Waals surface area contributed by atoms with Crippen LogP contribution in [0.25, 0.3) is 0 Å². The zero-order chi connectivity index (χ0) is 19.0. The molecule has 0 aromatic heterocycles. The van der Waals surface area contributed by atoms with Crippen molar-refractivity contribution in [2.45, 2.75) is 51.7 Å². The number of rotatable bonds is 7. The fraction of sp³-hybridized carbons (Fsp3) is 0.650. The first-order chi connectivity index (χ1) is 12.5. The minimum absolute atomic E-state index is 0.168. The van der Waals surface area contributed by atoms with Crippen molar-refractivity contribution in [3.8, 4) is 0 Å². The van der Waals surface area contributed by atoms with Crippen LogP contribution in [0.1, 0.15) is 51.2 Å². The summed E-state index contributed by atoms with van der Waals surface area (Å²) < 4.78 is 18.6. The second-order valence-electron chi connectivity index (χ2n) is 7.27. The molecule has 3 unspecified atom stereocenters. The number of nitrogens with one attached hydrogen (secondary N) is 2. The quantitative estimate of drug-likeness (QED) is 0.513. The Balaban J connectivity index is 1.98. The largest absolute Gasteiger partial charge is 0.392 e. The van der Waals surface area contributed by atoms with E-state index in [1.54, 1.807) is 19.2 Å². The summed E-state index contributed by atoms with van der Waals surface area (Å²) in [5.74, 6) is 0.446. The van der Waals surface area contributed by atoms with Crippen LogP contribution >= 0.6 is 0 Å². The van der Waals surface area contributed by atoms with Crippen molar-refractivity contribution in [3.63, 3.8) is 0 Å². The summed E-state index contributed by atoms with van der Waals surface area (Å²) in [6, 6.07) is 6.33. The Kier molecular flexibility index (Phi) is 7.85. The fourth-order valence-electron chi connectivity index (χ4n) is 3.37. The second-order valence-corrected chi connectivity index (χ2v) is 7.27. The molecule has 0 bridgehead atoms. The SMILES string of the molecule is CCNC(=NCC1(C)CCCCC1O)NCC(OC)c1ccc(F)cc1. The summed E-state index contributed by atoms with van der Waals surface area (Å²) in [5, 5.41) is 16.9. The summed E-state index contributed by atoms with van der Waals surface area (Å²) in [7, 11) is 1.64.